The van der Waals surface area contributed by atoms with E-state index in [0.717, 1.165) is 0 Å². The third-order valence-electron chi connectivity index (χ3n) is 2.11. The molecule has 0 fully saturated rings. The second-order valence-corrected chi connectivity index (χ2v) is 3.64. The van der Waals surface area contributed by atoms with Crippen molar-refractivity contribution in [2.45, 2.75) is 19.4 Å². The molecule has 7 nitrogen and oxygen atoms in total. The monoisotopic (exact) mass is 227 g/mol. The van der Waals surface area contributed by atoms with Gasteiger partial charge in [0.25, 0.3) is 5.91 Å². The van der Waals surface area contributed by atoms with E-state index < -0.39 is 17.5 Å². The van der Waals surface area contributed by atoms with Gasteiger partial charge in [0.05, 0.1) is 0 Å². The Balaban J connectivity index is 2.74. The summed E-state index contributed by atoms with van der Waals surface area (Å²) in [7, 11) is 1.41. The highest BCUT2D eigenvalue weighted by Crippen LogP contribution is 2.12. The fraction of sp³-hybridized carbons (Fsp3) is 0.444. The molecule has 1 aromatic rings. The number of nitrogens with zero attached hydrogens (tertiary/aromatic N) is 1. The fourth-order valence-corrected chi connectivity index (χ4v) is 0.855. The summed E-state index contributed by atoms with van der Waals surface area (Å²) >= 11 is 0. The van der Waals surface area contributed by atoms with E-state index >= 15 is 0 Å². The van der Waals surface area contributed by atoms with E-state index in [-0.39, 0.29) is 11.5 Å². The number of rotatable bonds is 4. The Kier molecular flexibility index (Phi) is 3.28. The quantitative estimate of drug-likeness (QED) is 0.693. The van der Waals surface area contributed by atoms with Crippen LogP contribution in [0.15, 0.2) is 6.07 Å². The maximum Gasteiger partial charge on any atom is 0.353 e. The van der Waals surface area contributed by atoms with Crippen molar-refractivity contribution >= 4 is 17.7 Å². The first-order valence-electron chi connectivity index (χ1n) is 4.52. The zero-order valence-corrected chi connectivity index (χ0v) is 9.20. The summed E-state index contributed by atoms with van der Waals surface area (Å²) in [6, 6.07) is 1.23. The molecular weight excluding hydrogens is 214 g/mol. The molecule has 1 amide bonds. The molecule has 0 spiro atoms. The van der Waals surface area contributed by atoms with Crippen molar-refractivity contribution in [3.63, 3.8) is 0 Å². The van der Waals surface area contributed by atoms with Crippen molar-refractivity contribution in [3.05, 3.63) is 11.8 Å². The molecule has 0 aliphatic carbocycles. The van der Waals surface area contributed by atoms with Crippen LogP contribution in [0.25, 0.3) is 0 Å². The Morgan fingerprint density at radius 1 is 1.56 bits per heavy atom. The molecule has 0 unspecified atom stereocenters. The number of carboxylic acid groups (broad SMARTS) is 1. The second kappa shape index (κ2) is 4.31. The predicted molar refractivity (Wildman–Crippen MR) is 55.3 cm³/mol. The number of carboxylic acids is 1. The minimum atomic E-state index is -1.14. The number of methoxy groups -OCH3 is 1. The van der Waals surface area contributed by atoms with E-state index in [1.165, 1.54) is 13.2 Å². The average Bonchev–Trinajstić information content (AvgIpc) is 2.66. The van der Waals surface area contributed by atoms with Gasteiger partial charge in [-0.15, -0.1) is 0 Å². The minimum Gasteiger partial charge on any atom is -0.477 e. The molecule has 1 aromatic heterocycles. The first-order valence-corrected chi connectivity index (χ1v) is 4.52. The number of carbonyl (C=O) groups excluding carboxylic acids is 1. The maximum absolute atomic E-state index is 11.6. The van der Waals surface area contributed by atoms with Crippen molar-refractivity contribution < 1.29 is 19.4 Å². The first kappa shape index (κ1) is 12.2. The van der Waals surface area contributed by atoms with Crippen molar-refractivity contribution in [2.24, 2.45) is 0 Å². The van der Waals surface area contributed by atoms with Crippen LogP contribution in [0.1, 0.15) is 24.3 Å². The summed E-state index contributed by atoms with van der Waals surface area (Å²) in [4.78, 5) is 22.2. The number of aromatic carboxylic acids is 1. The van der Waals surface area contributed by atoms with Crippen LogP contribution in [0.2, 0.25) is 0 Å². The summed E-state index contributed by atoms with van der Waals surface area (Å²) in [5, 5.41) is 17.0. The lowest BCUT2D eigenvalue weighted by atomic mass is 10.1. The van der Waals surface area contributed by atoms with Crippen LogP contribution in [-0.2, 0) is 9.53 Å². The van der Waals surface area contributed by atoms with Gasteiger partial charge in [0.2, 0.25) is 0 Å². The number of aromatic nitrogens is 2. The molecular formula is C9H13N3O4. The van der Waals surface area contributed by atoms with E-state index in [0.29, 0.717) is 0 Å². The molecule has 0 saturated carbocycles. The highest BCUT2D eigenvalue weighted by Gasteiger charge is 2.27. The Hall–Kier alpha value is -1.89. The summed E-state index contributed by atoms with van der Waals surface area (Å²) in [5.41, 5.74) is -1.09. The van der Waals surface area contributed by atoms with Gasteiger partial charge < -0.3 is 15.2 Å². The van der Waals surface area contributed by atoms with Gasteiger partial charge in [0, 0.05) is 13.2 Å². The van der Waals surface area contributed by atoms with Gasteiger partial charge >= 0.3 is 5.97 Å². The molecule has 1 rings (SSSR count). The third-order valence-corrected chi connectivity index (χ3v) is 2.11. The van der Waals surface area contributed by atoms with Crippen LogP contribution in [0.4, 0.5) is 5.82 Å². The Morgan fingerprint density at radius 3 is 2.62 bits per heavy atom. The van der Waals surface area contributed by atoms with Crippen LogP contribution in [0.3, 0.4) is 0 Å². The highest BCUT2D eigenvalue weighted by molar-refractivity contribution is 5.97. The van der Waals surface area contributed by atoms with Gasteiger partial charge in [-0.2, -0.15) is 5.10 Å². The number of ether oxygens (including phenoxy) is 1. The highest BCUT2D eigenvalue weighted by atomic mass is 16.5. The molecule has 3 N–H and O–H groups in total. The summed E-state index contributed by atoms with van der Waals surface area (Å²) in [6.07, 6.45) is 0. The van der Waals surface area contributed by atoms with Crippen molar-refractivity contribution in [1.29, 1.82) is 0 Å². The van der Waals surface area contributed by atoms with Crippen LogP contribution >= 0.6 is 0 Å². The molecule has 16 heavy (non-hydrogen) atoms. The Bertz CT molecular complexity index is 411. The van der Waals surface area contributed by atoms with Crippen LogP contribution < -0.4 is 5.32 Å². The molecule has 7 heteroatoms. The number of hydrogen-bond acceptors (Lipinski definition) is 4. The molecule has 0 radical (unpaired) electrons. The van der Waals surface area contributed by atoms with Crippen LogP contribution in [0, 0.1) is 0 Å². The van der Waals surface area contributed by atoms with Crippen LogP contribution in [0.5, 0.6) is 0 Å². The average molecular weight is 227 g/mol. The molecule has 0 bridgehead atoms. The van der Waals surface area contributed by atoms with E-state index in [1.54, 1.807) is 13.8 Å². The first-order chi connectivity index (χ1) is 7.36. The predicted octanol–water partition coefficient (Wildman–Crippen LogP) is 0.471. The molecule has 0 aromatic carbocycles. The van der Waals surface area contributed by atoms with E-state index in [1.807, 2.05) is 0 Å². The van der Waals surface area contributed by atoms with Gasteiger partial charge in [-0.3, -0.25) is 9.89 Å². The Labute approximate surface area is 91.8 Å². The summed E-state index contributed by atoms with van der Waals surface area (Å²) in [6.45, 7) is 3.18. The smallest absolute Gasteiger partial charge is 0.353 e. The zero-order valence-electron chi connectivity index (χ0n) is 9.20. The molecule has 88 valence electrons. The van der Waals surface area contributed by atoms with Crippen molar-refractivity contribution in [3.8, 4) is 0 Å². The van der Waals surface area contributed by atoms with Crippen LogP contribution in [-0.4, -0.2) is 39.9 Å². The van der Waals surface area contributed by atoms with E-state index in [4.69, 9.17) is 9.84 Å². The van der Waals surface area contributed by atoms with E-state index in [9.17, 15) is 9.59 Å². The molecule has 0 atom stereocenters. The second-order valence-electron chi connectivity index (χ2n) is 3.64. The number of anilines is 1. The number of H-pyrrole nitrogens is 1. The normalized spacial score (nSPS) is 11.2. The fourth-order valence-electron chi connectivity index (χ4n) is 0.855. The minimum absolute atomic E-state index is 0.0921. The lowest BCUT2D eigenvalue weighted by Gasteiger charge is -2.20. The SMILES string of the molecule is COC(C)(C)C(=O)Nc1cc(C(=O)O)[nH]n1. The molecule has 0 aliphatic rings. The lowest BCUT2D eigenvalue weighted by molar-refractivity contribution is -0.133. The van der Waals surface area contributed by atoms with Gasteiger partial charge in [-0.1, -0.05) is 0 Å². The lowest BCUT2D eigenvalue weighted by Crippen LogP contribution is -2.38. The molecule has 1 heterocycles. The topological polar surface area (TPSA) is 104 Å². The van der Waals surface area contributed by atoms with Gasteiger partial charge in [-0.05, 0) is 13.8 Å². The third kappa shape index (κ3) is 2.57. The standard InChI is InChI=1S/C9H13N3O4/c1-9(2,16-3)8(15)10-6-4-5(7(13)14)11-12-6/h4H,1-3H3,(H,13,14)(H2,10,11,12,15). The zero-order chi connectivity index (χ0) is 12.3. The molecule has 0 saturated heterocycles. The van der Waals surface area contributed by atoms with Crippen molar-refractivity contribution in [1.82, 2.24) is 10.2 Å². The number of nitrogens with one attached hydrogen (secondary N) is 2. The van der Waals surface area contributed by atoms with Gasteiger partial charge in [0.15, 0.2) is 5.82 Å². The molecule has 0 aliphatic heterocycles. The summed E-state index contributed by atoms with van der Waals surface area (Å²) in [5.74, 6) is -1.40. The van der Waals surface area contributed by atoms with E-state index in [2.05, 4.69) is 15.5 Å². The largest absolute Gasteiger partial charge is 0.477 e. The number of carbonyl (C=O) groups is 2. The van der Waals surface area contributed by atoms with Gasteiger partial charge in [-0.25, -0.2) is 4.79 Å². The number of hydrogen-bond donors (Lipinski definition) is 3. The summed E-state index contributed by atoms with van der Waals surface area (Å²) < 4.78 is 4.96. The number of aromatic amines is 1. The van der Waals surface area contributed by atoms with Crippen molar-refractivity contribution in [2.75, 3.05) is 12.4 Å². The maximum atomic E-state index is 11.6. The van der Waals surface area contributed by atoms with Gasteiger partial charge in [0.1, 0.15) is 11.3 Å². The number of amides is 1. The Morgan fingerprint density at radius 2 is 2.19 bits per heavy atom.